The third-order valence-electron chi connectivity index (χ3n) is 3.39. The van der Waals surface area contributed by atoms with Crippen LogP contribution in [0.2, 0.25) is 0 Å². The summed E-state index contributed by atoms with van der Waals surface area (Å²) in [5.41, 5.74) is 0.443. The summed E-state index contributed by atoms with van der Waals surface area (Å²) in [6.07, 6.45) is 1.25. The Bertz CT molecular complexity index is 491. The minimum Gasteiger partial charge on any atom is -0.484 e. The van der Waals surface area contributed by atoms with Crippen LogP contribution in [-0.2, 0) is 16.0 Å². The highest BCUT2D eigenvalue weighted by atomic mass is 16.5. The lowest BCUT2D eigenvalue weighted by molar-refractivity contribution is -0.143. The van der Waals surface area contributed by atoms with Crippen molar-refractivity contribution in [1.82, 2.24) is 5.32 Å². The number of hydrogen-bond donors (Lipinski definition) is 2. The average molecular weight is 277 g/mol. The lowest BCUT2D eigenvalue weighted by Gasteiger charge is -2.41. The quantitative estimate of drug-likeness (QED) is 0.788. The highest BCUT2D eigenvalue weighted by Gasteiger charge is 2.41. The van der Waals surface area contributed by atoms with Gasteiger partial charge in [0.2, 0.25) is 0 Å². The molecule has 0 amide bonds. The first kappa shape index (κ1) is 14.5. The van der Waals surface area contributed by atoms with Crippen molar-refractivity contribution in [2.45, 2.75) is 31.8 Å². The molecular formula is C15H19NO4. The van der Waals surface area contributed by atoms with Crippen LogP contribution < -0.4 is 10.1 Å². The molecule has 0 aromatic heterocycles. The van der Waals surface area contributed by atoms with Crippen LogP contribution in [0.1, 0.15) is 25.3 Å². The van der Waals surface area contributed by atoms with E-state index in [1.54, 1.807) is 6.92 Å². The fourth-order valence-electron chi connectivity index (χ4n) is 2.21. The molecule has 1 aromatic rings. The fraction of sp³-hybridized carbons (Fsp3) is 0.467. The van der Waals surface area contributed by atoms with Crippen LogP contribution in [-0.4, -0.2) is 35.5 Å². The van der Waals surface area contributed by atoms with Crippen LogP contribution in [0.25, 0.3) is 0 Å². The Kier molecular flexibility index (Phi) is 4.39. The maximum atomic E-state index is 10.9. The summed E-state index contributed by atoms with van der Waals surface area (Å²) in [4.78, 5) is 21.8. The number of Topliss-reactive ketones (excluding diaryl/α,β-unsaturated/α-hetero) is 1. The Morgan fingerprint density at radius 2 is 1.95 bits per heavy atom. The molecule has 108 valence electrons. The Hall–Kier alpha value is -1.88. The van der Waals surface area contributed by atoms with Gasteiger partial charge in [-0.25, -0.2) is 0 Å². The number of hydrogen-bond acceptors (Lipinski definition) is 4. The largest absolute Gasteiger partial charge is 0.484 e. The van der Waals surface area contributed by atoms with Crippen LogP contribution in [0.15, 0.2) is 24.3 Å². The molecule has 1 heterocycles. The summed E-state index contributed by atoms with van der Waals surface area (Å²) in [6.45, 7) is 2.67. The molecule has 0 bridgehead atoms. The van der Waals surface area contributed by atoms with E-state index in [1.165, 1.54) is 0 Å². The SMILES string of the molecule is CC(=O)CCc1ccc(OC2(CC(=O)O)CNC2)cc1. The van der Waals surface area contributed by atoms with Crippen molar-refractivity contribution in [3.8, 4) is 5.75 Å². The van der Waals surface area contributed by atoms with Crippen LogP contribution in [0, 0.1) is 0 Å². The summed E-state index contributed by atoms with van der Waals surface area (Å²) in [6, 6.07) is 7.49. The van der Waals surface area contributed by atoms with E-state index >= 15 is 0 Å². The number of benzene rings is 1. The van der Waals surface area contributed by atoms with Gasteiger partial charge < -0.3 is 20.0 Å². The predicted octanol–water partition coefficient (Wildman–Crippen LogP) is 1.40. The zero-order valence-electron chi connectivity index (χ0n) is 11.5. The first-order valence-electron chi connectivity index (χ1n) is 6.69. The topological polar surface area (TPSA) is 75.6 Å². The van der Waals surface area contributed by atoms with Crippen LogP contribution in [0.5, 0.6) is 5.75 Å². The van der Waals surface area contributed by atoms with Gasteiger partial charge in [0.25, 0.3) is 0 Å². The molecular weight excluding hydrogens is 258 g/mol. The number of carboxylic acids is 1. The van der Waals surface area contributed by atoms with E-state index in [0.29, 0.717) is 25.3 Å². The minimum absolute atomic E-state index is 0.00785. The van der Waals surface area contributed by atoms with E-state index in [4.69, 9.17) is 9.84 Å². The zero-order chi connectivity index (χ0) is 14.6. The summed E-state index contributed by atoms with van der Waals surface area (Å²) < 4.78 is 5.82. The van der Waals surface area contributed by atoms with Crippen molar-refractivity contribution < 1.29 is 19.4 Å². The summed E-state index contributed by atoms with van der Waals surface area (Å²) in [5.74, 6) is -0.0183. The van der Waals surface area contributed by atoms with Gasteiger partial charge in [0.1, 0.15) is 17.1 Å². The number of nitrogens with one attached hydrogen (secondary N) is 1. The molecule has 1 aliphatic rings. The second kappa shape index (κ2) is 6.05. The predicted molar refractivity (Wildman–Crippen MR) is 73.9 cm³/mol. The zero-order valence-corrected chi connectivity index (χ0v) is 11.5. The molecule has 0 unspecified atom stereocenters. The Balaban J connectivity index is 1.96. The van der Waals surface area contributed by atoms with Crippen molar-refractivity contribution >= 4 is 11.8 Å². The number of ketones is 1. The second-order valence-corrected chi connectivity index (χ2v) is 5.31. The molecule has 0 aliphatic carbocycles. The van der Waals surface area contributed by atoms with E-state index in [0.717, 1.165) is 12.0 Å². The van der Waals surface area contributed by atoms with E-state index < -0.39 is 11.6 Å². The molecule has 20 heavy (non-hydrogen) atoms. The average Bonchev–Trinajstić information content (AvgIpc) is 2.34. The molecule has 0 atom stereocenters. The molecule has 0 spiro atoms. The van der Waals surface area contributed by atoms with Crippen LogP contribution in [0.4, 0.5) is 0 Å². The number of carbonyl (C=O) groups is 2. The Morgan fingerprint density at radius 3 is 2.40 bits per heavy atom. The monoisotopic (exact) mass is 277 g/mol. The molecule has 1 aromatic carbocycles. The molecule has 0 radical (unpaired) electrons. The van der Waals surface area contributed by atoms with Crippen molar-refractivity contribution in [2.24, 2.45) is 0 Å². The first-order chi connectivity index (χ1) is 9.49. The van der Waals surface area contributed by atoms with Gasteiger partial charge in [-0.15, -0.1) is 0 Å². The molecule has 2 N–H and O–H groups in total. The van der Waals surface area contributed by atoms with Gasteiger partial charge in [0.05, 0.1) is 6.42 Å². The highest BCUT2D eigenvalue weighted by molar-refractivity contribution is 5.75. The molecule has 1 saturated heterocycles. The summed E-state index contributed by atoms with van der Waals surface area (Å²) >= 11 is 0. The number of aryl methyl sites for hydroxylation is 1. The van der Waals surface area contributed by atoms with E-state index in [2.05, 4.69) is 5.32 Å². The molecule has 5 heteroatoms. The molecule has 1 fully saturated rings. The van der Waals surface area contributed by atoms with Gasteiger partial charge in [0, 0.05) is 19.5 Å². The third kappa shape index (κ3) is 3.81. The maximum absolute atomic E-state index is 10.9. The molecule has 2 rings (SSSR count). The number of aliphatic carboxylic acids is 1. The van der Waals surface area contributed by atoms with Gasteiger partial charge in [-0.2, -0.15) is 0 Å². The maximum Gasteiger partial charge on any atom is 0.307 e. The minimum atomic E-state index is -0.857. The van der Waals surface area contributed by atoms with Crippen LogP contribution >= 0.6 is 0 Å². The van der Waals surface area contributed by atoms with E-state index in [-0.39, 0.29) is 12.2 Å². The Labute approximate surface area is 117 Å². The number of carboxylic acid groups (broad SMARTS) is 1. The number of ether oxygens (including phenoxy) is 1. The lowest BCUT2D eigenvalue weighted by Crippen LogP contribution is -2.64. The van der Waals surface area contributed by atoms with Gasteiger partial charge in [-0.3, -0.25) is 4.79 Å². The van der Waals surface area contributed by atoms with Crippen molar-refractivity contribution in [3.63, 3.8) is 0 Å². The Morgan fingerprint density at radius 1 is 1.30 bits per heavy atom. The highest BCUT2D eigenvalue weighted by Crippen LogP contribution is 2.25. The van der Waals surface area contributed by atoms with E-state index in [9.17, 15) is 9.59 Å². The smallest absolute Gasteiger partial charge is 0.307 e. The van der Waals surface area contributed by atoms with Crippen molar-refractivity contribution in [3.05, 3.63) is 29.8 Å². The van der Waals surface area contributed by atoms with E-state index in [1.807, 2.05) is 24.3 Å². The first-order valence-corrected chi connectivity index (χ1v) is 6.69. The second-order valence-electron chi connectivity index (χ2n) is 5.31. The standard InChI is InChI=1S/C15H19NO4/c1-11(17)2-3-12-4-6-13(7-5-12)20-15(8-14(18)19)9-16-10-15/h4-7,16H,2-3,8-10H2,1H3,(H,18,19). The van der Waals surface area contributed by atoms with Gasteiger partial charge in [-0.05, 0) is 31.0 Å². The normalized spacial score (nSPS) is 16.2. The lowest BCUT2D eigenvalue weighted by atomic mass is 9.92. The van der Waals surface area contributed by atoms with Gasteiger partial charge in [0.15, 0.2) is 0 Å². The van der Waals surface area contributed by atoms with Gasteiger partial charge in [-0.1, -0.05) is 12.1 Å². The van der Waals surface area contributed by atoms with Gasteiger partial charge >= 0.3 is 5.97 Å². The van der Waals surface area contributed by atoms with Crippen LogP contribution in [0.3, 0.4) is 0 Å². The fourth-order valence-corrected chi connectivity index (χ4v) is 2.21. The number of carbonyl (C=O) groups excluding carboxylic acids is 1. The van der Waals surface area contributed by atoms with Crippen molar-refractivity contribution in [2.75, 3.05) is 13.1 Å². The molecule has 1 aliphatic heterocycles. The summed E-state index contributed by atoms with van der Waals surface area (Å²) in [5, 5.41) is 12.0. The molecule has 5 nitrogen and oxygen atoms in total. The third-order valence-corrected chi connectivity index (χ3v) is 3.39. The molecule has 0 saturated carbocycles. The summed E-state index contributed by atoms with van der Waals surface area (Å²) in [7, 11) is 0. The van der Waals surface area contributed by atoms with Crippen molar-refractivity contribution in [1.29, 1.82) is 0 Å². The number of rotatable bonds is 7.